The number of carbonyl (C=O) groups is 2. The van der Waals surface area contributed by atoms with Crippen LogP contribution in [0.15, 0.2) is 33.3 Å². The van der Waals surface area contributed by atoms with E-state index in [2.05, 4.69) is 47.5 Å². The largest absolute Gasteiger partial charge is 0.506 e. The van der Waals surface area contributed by atoms with Gasteiger partial charge in [-0.2, -0.15) is 0 Å². The molecule has 0 saturated carbocycles. The molecular weight excluding hydrogens is 501 g/mol. The van der Waals surface area contributed by atoms with Crippen LogP contribution in [-0.2, 0) is 11.2 Å². The van der Waals surface area contributed by atoms with E-state index < -0.39 is 5.54 Å². The summed E-state index contributed by atoms with van der Waals surface area (Å²) in [5.41, 5.74) is 0.566. The van der Waals surface area contributed by atoms with Crippen molar-refractivity contribution in [2.45, 2.75) is 32.7 Å². The van der Waals surface area contributed by atoms with Crippen molar-refractivity contribution in [3.8, 4) is 5.75 Å². The first-order valence-electron chi connectivity index (χ1n) is 7.91. The Balaban J connectivity index is 2.16. The van der Waals surface area contributed by atoms with Crippen LogP contribution in [0, 0.1) is 0 Å². The van der Waals surface area contributed by atoms with Crippen LogP contribution in [0.4, 0.5) is 5.69 Å². The number of nitrogens with one attached hydrogen (secondary N) is 2. The minimum atomic E-state index is -0.401. The molecule has 27 heavy (non-hydrogen) atoms. The number of nitrogens with zero attached hydrogens (tertiary/aromatic N) is 1. The van der Waals surface area contributed by atoms with Gasteiger partial charge in [-0.3, -0.25) is 14.6 Å². The minimum absolute atomic E-state index is 0.0682. The van der Waals surface area contributed by atoms with Gasteiger partial charge < -0.3 is 15.7 Å². The summed E-state index contributed by atoms with van der Waals surface area (Å²) in [7, 11) is 0. The molecule has 3 N–H and O–H groups in total. The lowest BCUT2D eigenvalue weighted by molar-refractivity contribution is -0.115. The smallest absolute Gasteiger partial charge is 0.270 e. The van der Waals surface area contributed by atoms with Crippen LogP contribution in [0.2, 0.25) is 5.02 Å². The van der Waals surface area contributed by atoms with Crippen LogP contribution in [0.5, 0.6) is 5.75 Å². The molecule has 9 heteroatoms. The average Bonchev–Trinajstić information content (AvgIpc) is 2.55. The Kier molecular flexibility index (Phi) is 6.88. The molecule has 0 aliphatic rings. The fourth-order valence-electron chi connectivity index (χ4n) is 2.20. The van der Waals surface area contributed by atoms with Gasteiger partial charge in [0.15, 0.2) is 0 Å². The highest BCUT2D eigenvalue weighted by Crippen LogP contribution is 2.39. The molecule has 0 fully saturated rings. The fraction of sp³-hybridized carbons (Fsp3) is 0.278. The summed E-state index contributed by atoms with van der Waals surface area (Å²) in [6, 6.07) is 4.60. The van der Waals surface area contributed by atoms with Crippen molar-refractivity contribution in [2.24, 2.45) is 0 Å². The molecule has 0 radical (unpaired) electrons. The monoisotopic (exact) mass is 517 g/mol. The third-order valence-electron chi connectivity index (χ3n) is 3.34. The third-order valence-corrected chi connectivity index (χ3v) is 5.38. The number of carbonyl (C=O) groups excluding carboxylic acids is 2. The summed E-state index contributed by atoms with van der Waals surface area (Å²) in [6.45, 7) is 5.60. The summed E-state index contributed by atoms with van der Waals surface area (Å²) >= 11 is 12.6. The number of hydrogen-bond donors (Lipinski definition) is 3. The van der Waals surface area contributed by atoms with Gasteiger partial charge in [0.1, 0.15) is 11.4 Å². The maximum atomic E-state index is 12.4. The number of rotatable bonds is 4. The highest BCUT2D eigenvalue weighted by atomic mass is 79.9. The van der Waals surface area contributed by atoms with Crippen molar-refractivity contribution < 1.29 is 14.7 Å². The molecule has 6 nitrogen and oxygen atoms in total. The van der Waals surface area contributed by atoms with Gasteiger partial charge in [0.25, 0.3) is 5.91 Å². The number of amides is 2. The minimum Gasteiger partial charge on any atom is -0.506 e. The second-order valence-electron chi connectivity index (χ2n) is 6.84. The highest BCUT2D eigenvalue weighted by molar-refractivity contribution is 9.11. The van der Waals surface area contributed by atoms with E-state index in [0.29, 0.717) is 25.2 Å². The van der Waals surface area contributed by atoms with E-state index in [1.807, 2.05) is 20.8 Å². The molecule has 0 atom stereocenters. The zero-order valence-corrected chi connectivity index (χ0v) is 18.8. The lowest BCUT2D eigenvalue weighted by Crippen LogP contribution is -2.40. The predicted octanol–water partition coefficient (Wildman–Crippen LogP) is 4.68. The SMILES string of the molecule is CC(C)(C)NC(=O)c1cc(NC(=O)Cc2c(O)c(Br)cc(Cl)c2Br)ccn1. The first-order valence-corrected chi connectivity index (χ1v) is 9.88. The second kappa shape index (κ2) is 8.58. The molecular formula is C18H18Br2ClN3O3. The van der Waals surface area contributed by atoms with Crippen molar-refractivity contribution >= 4 is 61.0 Å². The molecule has 2 amide bonds. The molecule has 2 aromatic rings. The third kappa shape index (κ3) is 5.92. The first-order chi connectivity index (χ1) is 12.5. The van der Waals surface area contributed by atoms with Gasteiger partial charge in [-0.05, 0) is 70.8 Å². The number of phenolic OH excluding ortho intramolecular Hbond substituents is 1. The Morgan fingerprint density at radius 2 is 1.93 bits per heavy atom. The molecule has 144 valence electrons. The Bertz CT molecular complexity index is 872. The molecule has 0 aliphatic carbocycles. The van der Waals surface area contributed by atoms with Crippen LogP contribution in [-0.4, -0.2) is 27.4 Å². The van der Waals surface area contributed by atoms with Gasteiger partial charge in [-0.1, -0.05) is 11.6 Å². The first kappa shape index (κ1) is 21.7. The maximum absolute atomic E-state index is 12.4. The molecule has 1 aromatic heterocycles. The molecule has 0 spiro atoms. The lowest BCUT2D eigenvalue weighted by atomic mass is 10.1. The van der Waals surface area contributed by atoms with E-state index in [4.69, 9.17) is 11.6 Å². The van der Waals surface area contributed by atoms with E-state index in [1.54, 1.807) is 6.07 Å². The number of aromatic hydroxyl groups is 1. The zero-order chi connectivity index (χ0) is 20.4. The van der Waals surface area contributed by atoms with E-state index in [-0.39, 0.29) is 29.7 Å². The van der Waals surface area contributed by atoms with Gasteiger partial charge in [0, 0.05) is 27.5 Å². The molecule has 0 aliphatic heterocycles. The predicted molar refractivity (Wildman–Crippen MR) is 112 cm³/mol. The standard InChI is InChI=1S/C18H18Br2ClN3O3/c1-18(2,3)24-17(27)13-6-9(4-5-22-13)23-14(25)7-10-15(20)12(21)8-11(19)16(10)26/h4-6,8,26H,7H2,1-3H3,(H,24,27)(H,22,23,25). The number of halogens is 3. The number of benzene rings is 1. The Morgan fingerprint density at radius 3 is 2.56 bits per heavy atom. The zero-order valence-electron chi connectivity index (χ0n) is 14.9. The van der Waals surface area contributed by atoms with E-state index in [1.165, 1.54) is 18.3 Å². The number of pyridine rings is 1. The number of aromatic nitrogens is 1. The molecule has 0 unspecified atom stereocenters. The Morgan fingerprint density at radius 1 is 1.26 bits per heavy atom. The Labute approximate surface area is 179 Å². The summed E-state index contributed by atoms with van der Waals surface area (Å²) < 4.78 is 0.837. The van der Waals surface area contributed by atoms with Crippen molar-refractivity contribution in [2.75, 3.05) is 5.32 Å². The molecule has 1 aromatic carbocycles. The van der Waals surface area contributed by atoms with Gasteiger partial charge in [0.05, 0.1) is 15.9 Å². The van der Waals surface area contributed by atoms with Gasteiger partial charge >= 0.3 is 0 Å². The van der Waals surface area contributed by atoms with Crippen molar-refractivity contribution in [1.29, 1.82) is 0 Å². The summed E-state index contributed by atoms with van der Waals surface area (Å²) in [4.78, 5) is 28.6. The van der Waals surface area contributed by atoms with Crippen molar-refractivity contribution in [3.63, 3.8) is 0 Å². The number of hydrogen-bond acceptors (Lipinski definition) is 4. The van der Waals surface area contributed by atoms with Crippen molar-refractivity contribution in [1.82, 2.24) is 10.3 Å². The average molecular weight is 520 g/mol. The topological polar surface area (TPSA) is 91.3 Å². The van der Waals surface area contributed by atoms with E-state index in [9.17, 15) is 14.7 Å². The summed E-state index contributed by atoms with van der Waals surface area (Å²) in [5, 5.41) is 16.0. The fourth-order valence-corrected chi connectivity index (χ4v) is 3.47. The molecule has 0 bridgehead atoms. The van der Waals surface area contributed by atoms with Crippen LogP contribution in [0.1, 0.15) is 36.8 Å². The normalized spacial score (nSPS) is 11.2. The molecule has 0 saturated heterocycles. The van der Waals surface area contributed by atoms with Crippen LogP contribution < -0.4 is 10.6 Å². The lowest BCUT2D eigenvalue weighted by Gasteiger charge is -2.20. The van der Waals surface area contributed by atoms with Gasteiger partial charge in [-0.25, -0.2) is 0 Å². The maximum Gasteiger partial charge on any atom is 0.270 e. The van der Waals surface area contributed by atoms with Crippen LogP contribution >= 0.6 is 43.5 Å². The highest BCUT2D eigenvalue weighted by Gasteiger charge is 2.19. The van der Waals surface area contributed by atoms with Crippen molar-refractivity contribution in [3.05, 3.63) is 49.6 Å². The second-order valence-corrected chi connectivity index (χ2v) is 8.89. The van der Waals surface area contributed by atoms with Gasteiger partial charge in [0.2, 0.25) is 5.91 Å². The van der Waals surface area contributed by atoms with E-state index >= 15 is 0 Å². The molecule has 2 rings (SSSR count). The van der Waals surface area contributed by atoms with Gasteiger partial charge in [-0.15, -0.1) is 0 Å². The molecule has 1 heterocycles. The van der Waals surface area contributed by atoms with Crippen LogP contribution in [0.3, 0.4) is 0 Å². The Hall–Kier alpha value is -1.64. The van der Waals surface area contributed by atoms with Crippen LogP contribution in [0.25, 0.3) is 0 Å². The summed E-state index contributed by atoms with van der Waals surface area (Å²) in [6.07, 6.45) is 1.33. The summed E-state index contributed by atoms with van der Waals surface area (Å²) in [5.74, 6) is -0.785. The van der Waals surface area contributed by atoms with E-state index in [0.717, 1.165) is 0 Å². The quantitative estimate of drug-likeness (QED) is 0.512. The number of anilines is 1. The number of phenols is 1.